The second-order valence-electron chi connectivity index (χ2n) is 6.00. The number of fused-ring (bicyclic) bond motifs is 4. The molecule has 4 heterocycles. The summed E-state index contributed by atoms with van der Waals surface area (Å²) < 4.78 is 1.86. The molecule has 0 spiro atoms. The molecular weight excluding hydrogens is 320 g/mol. The lowest BCUT2D eigenvalue weighted by molar-refractivity contribution is 0.700. The standard InChI is InChI=1S/C17H16N6S/c1-2-4-13-12(3-1)15-16(20-10-21-17(15)24-13)19-9-11-5-7-18-14-6-8-22-23(11)14/h5-8,10H,1-4,9H2,(H,19,20,21). The van der Waals surface area contributed by atoms with Gasteiger partial charge in [-0.1, -0.05) is 0 Å². The van der Waals surface area contributed by atoms with Gasteiger partial charge < -0.3 is 5.32 Å². The van der Waals surface area contributed by atoms with Gasteiger partial charge in [-0.05, 0) is 37.3 Å². The van der Waals surface area contributed by atoms with E-state index in [1.165, 1.54) is 35.1 Å². The van der Waals surface area contributed by atoms with Gasteiger partial charge in [-0.3, -0.25) is 0 Å². The summed E-state index contributed by atoms with van der Waals surface area (Å²) in [6, 6.07) is 3.89. The van der Waals surface area contributed by atoms with Crippen LogP contribution in [0, 0.1) is 0 Å². The predicted octanol–water partition coefficient (Wildman–Crippen LogP) is 3.22. The Hall–Kier alpha value is -2.54. The SMILES string of the molecule is c1nc(NCc2ccnc3ccnn23)c2c3c(sc2n1)CCCC3. The van der Waals surface area contributed by atoms with E-state index in [9.17, 15) is 0 Å². The van der Waals surface area contributed by atoms with Crippen molar-refractivity contribution in [3.8, 4) is 0 Å². The molecule has 7 heteroatoms. The van der Waals surface area contributed by atoms with Crippen LogP contribution in [0.15, 0.2) is 30.9 Å². The number of hydrogen-bond acceptors (Lipinski definition) is 6. The first-order chi connectivity index (χ1) is 11.9. The maximum atomic E-state index is 4.51. The topological polar surface area (TPSA) is 68.0 Å². The van der Waals surface area contributed by atoms with Gasteiger partial charge in [-0.2, -0.15) is 5.10 Å². The molecule has 0 bridgehead atoms. The Morgan fingerprint density at radius 3 is 3.04 bits per heavy atom. The molecule has 4 aromatic heterocycles. The average Bonchev–Trinajstić information content (AvgIpc) is 3.24. The van der Waals surface area contributed by atoms with E-state index in [0.29, 0.717) is 6.54 Å². The highest BCUT2D eigenvalue weighted by Crippen LogP contribution is 2.38. The molecule has 0 unspecified atom stereocenters. The van der Waals surface area contributed by atoms with Gasteiger partial charge in [-0.25, -0.2) is 19.5 Å². The quantitative estimate of drug-likeness (QED) is 0.622. The lowest BCUT2D eigenvalue weighted by atomic mass is 9.97. The molecule has 0 radical (unpaired) electrons. The molecule has 24 heavy (non-hydrogen) atoms. The molecular formula is C17H16N6S. The fraction of sp³-hybridized carbons (Fsp3) is 0.294. The molecule has 0 amide bonds. The molecule has 0 saturated carbocycles. The number of hydrogen-bond donors (Lipinski definition) is 1. The van der Waals surface area contributed by atoms with Crippen molar-refractivity contribution < 1.29 is 0 Å². The normalized spacial score (nSPS) is 14.2. The fourth-order valence-electron chi connectivity index (χ4n) is 3.42. The summed E-state index contributed by atoms with van der Waals surface area (Å²) in [6.45, 7) is 0.650. The maximum Gasteiger partial charge on any atom is 0.155 e. The van der Waals surface area contributed by atoms with Crippen LogP contribution in [0.5, 0.6) is 0 Å². The number of anilines is 1. The average molecular weight is 336 g/mol. The van der Waals surface area contributed by atoms with Crippen LogP contribution >= 0.6 is 11.3 Å². The summed E-state index contributed by atoms with van der Waals surface area (Å²) in [5.74, 6) is 0.927. The molecule has 0 fully saturated rings. The monoisotopic (exact) mass is 336 g/mol. The third-order valence-corrected chi connectivity index (χ3v) is 5.76. The third-order valence-electron chi connectivity index (χ3n) is 4.56. The van der Waals surface area contributed by atoms with Crippen molar-refractivity contribution in [2.45, 2.75) is 32.2 Å². The van der Waals surface area contributed by atoms with Crippen molar-refractivity contribution in [2.75, 3.05) is 5.32 Å². The van der Waals surface area contributed by atoms with E-state index in [1.54, 1.807) is 12.5 Å². The summed E-state index contributed by atoms with van der Waals surface area (Å²) in [6.07, 6.45) is 10.1. The van der Waals surface area contributed by atoms with Crippen molar-refractivity contribution >= 4 is 33.0 Å². The Morgan fingerprint density at radius 1 is 1.08 bits per heavy atom. The van der Waals surface area contributed by atoms with Crippen LogP contribution in [0.3, 0.4) is 0 Å². The fourth-order valence-corrected chi connectivity index (χ4v) is 4.65. The van der Waals surface area contributed by atoms with Crippen molar-refractivity contribution in [3.63, 3.8) is 0 Å². The molecule has 6 nitrogen and oxygen atoms in total. The van der Waals surface area contributed by atoms with Gasteiger partial charge >= 0.3 is 0 Å². The molecule has 1 N–H and O–H groups in total. The largest absolute Gasteiger partial charge is 0.364 e. The minimum atomic E-state index is 0.650. The zero-order valence-electron chi connectivity index (χ0n) is 13.1. The van der Waals surface area contributed by atoms with Crippen molar-refractivity contribution in [2.24, 2.45) is 0 Å². The Labute approximate surface area is 142 Å². The molecule has 0 atom stereocenters. The molecule has 120 valence electrons. The molecule has 1 aliphatic rings. The van der Waals surface area contributed by atoms with Crippen LogP contribution in [0.4, 0.5) is 5.82 Å². The van der Waals surface area contributed by atoms with Gasteiger partial charge in [0.15, 0.2) is 5.65 Å². The highest BCUT2D eigenvalue weighted by Gasteiger charge is 2.19. The van der Waals surface area contributed by atoms with Crippen LogP contribution in [0.25, 0.3) is 15.9 Å². The van der Waals surface area contributed by atoms with Crippen LogP contribution in [0.2, 0.25) is 0 Å². The zero-order valence-corrected chi connectivity index (χ0v) is 13.9. The first-order valence-electron chi connectivity index (χ1n) is 8.17. The van der Waals surface area contributed by atoms with Crippen molar-refractivity contribution in [3.05, 3.63) is 47.0 Å². The lowest BCUT2D eigenvalue weighted by Crippen LogP contribution is -2.08. The molecule has 4 aromatic rings. The smallest absolute Gasteiger partial charge is 0.155 e. The van der Waals surface area contributed by atoms with Crippen LogP contribution in [-0.4, -0.2) is 24.6 Å². The second-order valence-corrected chi connectivity index (χ2v) is 7.09. The molecule has 0 aromatic carbocycles. The molecule has 5 rings (SSSR count). The minimum absolute atomic E-state index is 0.650. The summed E-state index contributed by atoms with van der Waals surface area (Å²) >= 11 is 1.82. The van der Waals surface area contributed by atoms with Gasteiger partial charge in [0.25, 0.3) is 0 Å². The number of thiophene rings is 1. The number of nitrogens with zero attached hydrogens (tertiary/aromatic N) is 5. The van der Waals surface area contributed by atoms with E-state index in [2.05, 4.69) is 25.4 Å². The summed E-state index contributed by atoms with van der Waals surface area (Å²) in [4.78, 5) is 15.9. The Balaban J connectivity index is 1.53. The lowest BCUT2D eigenvalue weighted by Gasteiger charge is -2.12. The van der Waals surface area contributed by atoms with E-state index >= 15 is 0 Å². The Bertz CT molecular complexity index is 1030. The van der Waals surface area contributed by atoms with Crippen molar-refractivity contribution in [1.29, 1.82) is 0 Å². The second kappa shape index (κ2) is 5.52. The molecule has 0 saturated heterocycles. The zero-order chi connectivity index (χ0) is 15.9. The first kappa shape index (κ1) is 13.9. The Kier molecular flexibility index (Phi) is 3.19. The highest BCUT2D eigenvalue weighted by molar-refractivity contribution is 7.19. The third kappa shape index (κ3) is 2.16. The predicted molar refractivity (Wildman–Crippen MR) is 94.4 cm³/mol. The van der Waals surface area contributed by atoms with Crippen LogP contribution < -0.4 is 5.32 Å². The number of rotatable bonds is 3. The van der Waals surface area contributed by atoms with Gasteiger partial charge in [0.05, 0.1) is 23.8 Å². The van der Waals surface area contributed by atoms with Gasteiger partial charge in [0.2, 0.25) is 0 Å². The Morgan fingerprint density at radius 2 is 2.04 bits per heavy atom. The number of aromatic nitrogens is 5. The maximum absolute atomic E-state index is 4.51. The van der Waals surface area contributed by atoms with E-state index < -0.39 is 0 Å². The highest BCUT2D eigenvalue weighted by atomic mass is 32.1. The van der Waals surface area contributed by atoms with Crippen LogP contribution in [-0.2, 0) is 19.4 Å². The van der Waals surface area contributed by atoms with Crippen LogP contribution in [0.1, 0.15) is 29.0 Å². The van der Waals surface area contributed by atoms with Gasteiger partial charge in [-0.15, -0.1) is 11.3 Å². The van der Waals surface area contributed by atoms with E-state index in [1.807, 2.05) is 34.2 Å². The minimum Gasteiger partial charge on any atom is -0.364 e. The molecule has 1 aliphatic carbocycles. The number of nitrogens with one attached hydrogen (secondary N) is 1. The summed E-state index contributed by atoms with van der Waals surface area (Å²) in [5, 5.41) is 9.04. The summed E-state index contributed by atoms with van der Waals surface area (Å²) in [7, 11) is 0. The van der Waals surface area contributed by atoms with Gasteiger partial charge in [0.1, 0.15) is 17.0 Å². The van der Waals surface area contributed by atoms with Crippen molar-refractivity contribution in [1.82, 2.24) is 24.6 Å². The molecule has 0 aliphatic heterocycles. The van der Waals surface area contributed by atoms with E-state index in [-0.39, 0.29) is 0 Å². The number of aryl methyl sites for hydroxylation is 2. The summed E-state index contributed by atoms with van der Waals surface area (Å²) in [5.41, 5.74) is 3.36. The van der Waals surface area contributed by atoms with Gasteiger partial charge in [0, 0.05) is 17.1 Å². The van der Waals surface area contributed by atoms with E-state index in [4.69, 9.17) is 0 Å². The van der Waals surface area contributed by atoms with E-state index in [0.717, 1.165) is 28.4 Å². The first-order valence-corrected chi connectivity index (χ1v) is 8.98.